The smallest absolute Gasteiger partial charge is 0.328 e. The van der Waals surface area contributed by atoms with Crippen molar-refractivity contribution in [1.29, 1.82) is 0 Å². The topological polar surface area (TPSA) is 70.5 Å². The van der Waals surface area contributed by atoms with Crippen molar-refractivity contribution in [2.24, 2.45) is 0 Å². The van der Waals surface area contributed by atoms with Crippen molar-refractivity contribution in [2.45, 2.75) is 13.5 Å². The molecular formula is C14H14N2O3S2. The Bertz CT molecular complexity index is 688. The molecule has 0 aliphatic carbocycles. The zero-order valence-corrected chi connectivity index (χ0v) is 13.2. The summed E-state index contributed by atoms with van der Waals surface area (Å²) in [4.78, 5) is 29.9. The molecule has 110 valence electrons. The first-order valence-corrected chi connectivity index (χ1v) is 7.87. The van der Waals surface area contributed by atoms with Gasteiger partial charge in [0.05, 0.1) is 11.2 Å². The van der Waals surface area contributed by atoms with E-state index in [1.165, 1.54) is 22.7 Å². The molecule has 0 atom stereocenters. The van der Waals surface area contributed by atoms with Crippen LogP contribution >= 0.6 is 22.7 Å². The van der Waals surface area contributed by atoms with Gasteiger partial charge in [0, 0.05) is 24.5 Å². The van der Waals surface area contributed by atoms with Crippen molar-refractivity contribution in [3.05, 3.63) is 44.0 Å². The summed E-state index contributed by atoms with van der Waals surface area (Å²) < 4.78 is 0. The molecule has 0 unspecified atom stereocenters. The van der Waals surface area contributed by atoms with Gasteiger partial charge in [0.1, 0.15) is 4.88 Å². The molecular weight excluding hydrogens is 308 g/mol. The second-order valence-corrected chi connectivity index (χ2v) is 6.25. The van der Waals surface area contributed by atoms with Gasteiger partial charge in [0.2, 0.25) is 0 Å². The SMILES string of the molecule is Cc1ncsc1C(=O)N(C)Cc1csc(C=CC(=O)O)c1. The summed E-state index contributed by atoms with van der Waals surface area (Å²) in [5.74, 6) is -1.03. The maximum atomic E-state index is 12.3. The van der Waals surface area contributed by atoms with Crippen LogP contribution in [0.3, 0.4) is 0 Å². The summed E-state index contributed by atoms with van der Waals surface area (Å²) in [6.07, 6.45) is 2.65. The number of amides is 1. The van der Waals surface area contributed by atoms with Crippen LogP contribution in [0.15, 0.2) is 23.0 Å². The Kier molecular flexibility index (Phi) is 4.87. The number of rotatable bonds is 5. The molecule has 1 amide bonds. The van der Waals surface area contributed by atoms with Crippen molar-refractivity contribution in [3.63, 3.8) is 0 Å². The largest absolute Gasteiger partial charge is 0.478 e. The summed E-state index contributed by atoms with van der Waals surface area (Å²) in [7, 11) is 1.74. The molecule has 2 rings (SSSR count). The van der Waals surface area contributed by atoms with Crippen molar-refractivity contribution in [2.75, 3.05) is 7.05 Å². The van der Waals surface area contributed by atoms with Crippen LogP contribution in [0.25, 0.3) is 6.08 Å². The lowest BCUT2D eigenvalue weighted by atomic mass is 10.2. The minimum atomic E-state index is -0.974. The molecule has 0 aliphatic heterocycles. The summed E-state index contributed by atoms with van der Waals surface area (Å²) in [5, 5.41) is 10.5. The van der Waals surface area contributed by atoms with Crippen LogP contribution < -0.4 is 0 Å². The molecule has 0 saturated carbocycles. The number of hydrogen-bond acceptors (Lipinski definition) is 5. The first-order valence-electron chi connectivity index (χ1n) is 6.11. The standard InChI is InChI=1S/C14H14N2O3S2/c1-9-13(21-8-15-9)14(19)16(2)6-10-5-11(20-7-10)3-4-12(17)18/h3-5,7-8H,6H2,1-2H3,(H,17,18). The van der Waals surface area contributed by atoms with Crippen molar-refractivity contribution < 1.29 is 14.7 Å². The van der Waals surface area contributed by atoms with Gasteiger partial charge in [-0.05, 0) is 30.0 Å². The van der Waals surface area contributed by atoms with Gasteiger partial charge in [-0.15, -0.1) is 22.7 Å². The first-order chi connectivity index (χ1) is 9.97. The number of thiophene rings is 1. The van der Waals surface area contributed by atoms with E-state index in [-0.39, 0.29) is 5.91 Å². The quantitative estimate of drug-likeness (QED) is 0.859. The number of thiazole rings is 1. The van der Waals surface area contributed by atoms with Gasteiger partial charge in [0.25, 0.3) is 5.91 Å². The molecule has 7 heteroatoms. The van der Waals surface area contributed by atoms with Crippen LogP contribution in [0.4, 0.5) is 0 Å². The molecule has 0 bridgehead atoms. The average Bonchev–Trinajstić information content (AvgIpc) is 3.04. The molecule has 0 fully saturated rings. The lowest BCUT2D eigenvalue weighted by Crippen LogP contribution is -2.25. The average molecular weight is 322 g/mol. The Balaban J connectivity index is 2.03. The van der Waals surface area contributed by atoms with Gasteiger partial charge >= 0.3 is 5.97 Å². The highest BCUT2D eigenvalue weighted by molar-refractivity contribution is 7.12. The molecule has 21 heavy (non-hydrogen) atoms. The second-order valence-electron chi connectivity index (χ2n) is 4.46. The molecule has 2 heterocycles. The number of carboxylic acid groups (broad SMARTS) is 1. The lowest BCUT2D eigenvalue weighted by Gasteiger charge is -2.15. The Morgan fingerprint density at radius 3 is 2.81 bits per heavy atom. The van der Waals surface area contributed by atoms with Crippen LogP contribution in [0.1, 0.15) is 25.8 Å². The Hall–Kier alpha value is -1.99. The summed E-state index contributed by atoms with van der Waals surface area (Å²) in [5.41, 5.74) is 3.38. The van der Waals surface area contributed by atoms with E-state index in [1.807, 2.05) is 18.4 Å². The highest BCUT2D eigenvalue weighted by Crippen LogP contribution is 2.20. The van der Waals surface area contributed by atoms with E-state index in [2.05, 4.69) is 4.98 Å². The molecule has 0 saturated heterocycles. The zero-order chi connectivity index (χ0) is 15.4. The number of aryl methyl sites for hydroxylation is 1. The molecule has 0 radical (unpaired) electrons. The molecule has 0 aromatic carbocycles. The van der Waals surface area contributed by atoms with Gasteiger partial charge < -0.3 is 10.0 Å². The third-order valence-electron chi connectivity index (χ3n) is 2.77. The molecule has 0 aliphatic rings. The predicted molar refractivity (Wildman–Crippen MR) is 83.6 cm³/mol. The minimum absolute atomic E-state index is 0.0520. The van der Waals surface area contributed by atoms with Crippen LogP contribution in [0, 0.1) is 6.92 Å². The van der Waals surface area contributed by atoms with Crippen LogP contribution in [0.5, 0.6) is 0 Å². The normalized spacial score (nSPS) is 11.0. The maximum Gasteiger partial charge on any atom is 0.328 e. The van der Waals surface area contributed by atoms with Gasteiger partial charge in [-0.3, -0.25) is 4.79 Å². The number of nitrogens with zero attached hydrogens (tertiary/aromatic N) is 2. The fourth-order valence-corrected chi connectivity index (χ4v) is 3.34. The van der Waals surface area contributed by atoms with Crippen molar-refractivity contribution in [3.8, 4) is 0 Å². The van der Waals surface area contributed by atoms with E-state index in [0.29, 0.717) is 11.4 Å². The Morgan fingerprint density at radius 2 is 2.19 bits per heavy atom. The van der Waals surface area contributed by atoms with Gasteiger partial charge in [-0.25, -0.2) is 9.78 Å². The van der Waals surface area contributed by atoms with Crippen LogP contribution in [-0.4, -0.2) is 33.9 Å². The predicted octanol–water partition coefficient (Wildman–Crippen LogP) is 2.88. The first kappa shape index (κ1) is 15.4. The van der Waals surface area contributed by atoms with Crippen molar-refractivity contribution in [1.82, 2.24) is 9.88 Å². The van der Waals surface area contributed by atoms with Crippen LogP contribution in [0.2, 0.25) is 0 Å². The maximum absolute atomic E-state index is 12.3. The number of carbonyl (C=O) groups excluding carboxylic acids is 1. The molecule has 5 nitrogen and oxygen atoms in total. The monoisotopic (exact) mass is 322 g/mol. The fraction of sp³-hybridized carbons (Fsp3) is 0.214. The van der Waals surface area contributed by atoms with Gasteiger partial charge in [-0.1, -0.05) is 0 Å². The zero-order valence-electron chi connectivity index (χ0n) is 11.6. The molecule has 2 aromatic heterocycles. The highest BCUT2D eigenvalue weighted by Gasteiger charge is 2.16. The number of carbonyl (C=O) groups is 2. The number of aromatic nitrogens is 1. The Morgan fingerprint density at radius 1 is 1.43 bits per heavy atom. The van der Waals surface area contributed by atoms with E-state index in [0.717, 1.165) is 22.2 Å². The molecule has 0 spiro atoms. The lowest BCUT2D eigenvalue weighted by molar-refractivity contribution is -0.131. The Labute approximate surface area is 130 Å². The minimum Gasteiger partial charge on any atom is -0.478 e. The number of hydrogen-bond donors (Lipinski definition) is 1. The van der Waals surface area contributed by atoms with E-state index in [1.54, 1.807) is 23.5 Å². The van der Waals surface area contributed by atoms with E-state index >= 15 is 0 Å². The van der Waals surface area contributed by atoms with E-state index < -0.39 is 5.97 Å². The van der Waals surface area contributed by atoms with Gasteiger partial charge in [0.15, 0.2) is 0 Å². The summed E-state index contributed by atoms with van der Waals surface area (Å²) in [6, 6.07) is 1.88. The van der Waals surface area contributed by atoms with E-state index in [4.69, 9.17) is 5.11 Å². The molecule has 1 N–H and O–H groups in total. The number of aliphatic carboxylic acids is 1. The van der Waals surface area contributed by atoms with Gasteiger partial charge in [-0.2, -0.15) is 0 Å². The highest BCUT2D eigenvalue weighted by atomic mass is 32.1. The summed E-state index contributed by atoms with van der Waals surface area (Å²) >= 11 is 2.78. The molecule has 2 aromatic rings. The summed E-state index contributed by atoms with van der Waals surface area (Å²) in [6.45, 7) is 2.30. The van der Waals surface area contributed by atoms with E-state index in [9.17, 15) is 9.59 Å². The third-order valence-corrected chi connectivity index (χ3v) is 4.63. The van der Waals surface area contributed by atoms with Crippen LogP contribution in [-0.2, 0) is 11.3 Å². The van der Waals surface area contributed by atoms with Crippen molar-refractivity contribution >= 4 is 40.6 Å². The fourth-order valence-electron chi connectivity index (χ4n) is 1.74. The second kappa shape index (κ2) is 6.64. The number of carboxylic acids is 1. The third kappa shape index (κ3) is 3.99.